The molecule has 0 N–H and O–H groups in total. The van der Waals surface area contributed by atoms with E-state index in [9.17, 15) is 0 Å². The van der Waals surface area contributed by atoms with Gasteiger partial charge in [0.25, 0.3) is 0 Å². The van der Waals surface area contributed by atoms with Gasteiger partial charge in [0.1, 0.15) is 46.6 Å². The van der Waals surface area contributed by atoms with Crippen molar-refractivity contribution in [1.29, 1.82) is 0 Å². The molecule has 8 heteroatoms. The maximum absolute atomic E-state index is 6.21. The molecular formula is C32H33O7P. The van der Waals surface area contributed by atoms with Crippen molar-refractivity contribution in [1.82, 2.24) is 0 Å². The van der Waals surface area contributed by atoms with Gasteiger partial charge in [-0.25, -0.2) is 0 Å². The monoisotopic (exact) mass is 560 g/mol. The number of hydrogen-bond acceptors (Lipinski definition) is 7. The van der Waals surface area contributed by atoms with Crippen LogP contribution in [0.1, 0.15) is 0 Å². The second kappa shape index (κ2) is 11.6. The average molecular weight is 561 g/mol. The van der Waals surface area contributed by atoms with E-state index in [0.29, 0.717) is 40.8 Å². The van der Waals surface area contributed by atoms with Crippen LogP contribution < -0.4 is 38.5 Å². The van der Waals surface area contributed by atoms with E-state index in [4.69, 9.17) is 33.2 Å². The molecule has 0 saturated carbocycles. The third-order valence-corrected chi connectivity index (χ3v) is 8.77. The highest BCUT2D eigenvalue weighted by Crippen LogP contribution is 2.54. The Morgan fingerprint density at radius 3 is 1.48 bits per heavy atom. The fourth-order valence-electron chi connectivity index (χ4n) is 5.14. The molecule has 0 amide bonds. The summed E-state index contributed by atoms with van der Waals surface area (Å²) in [4.78, 5) is 0. The van der Waals surface area contributed by atoms with Gasteiger partial charge in [0.2, 0.25) is 0 Å². The Bertz CT molecular complexity index is 1420. The quantitative estimate of drug-likeness (QED) is 0.208. The summed E-state index contributed by atoms with van der Waals surface area (Å²) in [5.74, 6) is 4.93. The molecule has 4 aromatic rings. The molecule has 1 aliphatic rings. The van der Waals surface area contributed by atoms with Crippen LogP contribution in [0.2, 0.25) is 0 Å². The van der Waals surface area contributed by atoms with E-state index >= 15 is 0 Å². The molecule has 5 rings (SSSR count). The summed E-state index contributed by atoms with van der Waals surface area (Å²) in [5, 5.41) is 1.18. The first kappa shape index (κ1) is 27.5. The predicted octanol–water partition coefficient (Wildman–Crippen LogP) is 6.83. The molecule has 0 unspecified atom stereocenters. The van der Waals surface area contributed by atoms with Gasteiger partial charge in [0.15, 0.2) is 0 Å². The summed E-state index contributed by atoms with van der Waals surface area (Å²) < 4.78 is 40.9. The van der Waals surface area contributed by atoms with Crippen LogP contribution >= 0.6 is 7.92 Å². The molecule has 0 radical (unpaired) electrons. The number of rotatable bonds is 9. The summed E-state index contributed by atoms with van der Waals surface area (Å²) >= 11 is 0. The first-order valence-electron chi connectivity index (χ1n) is 12.7. The van der Waals surface area contributed by atoms with Gasteiger partial charge in [-0.15, -0.1) is 0 Å². The molecule has 40 heavy (non-hydrogen) atoms. The van der Waals surface area contributed by atoms with Crippen molar-refractivity contribution in [3.05, 3.63) is 60.7 Å². The molecule has 208 valence electrons. The molecular weight excluding hydrogens is 527 g/mol. The zero-order chi connectivity index (χ0) is 28.4. The summed E-state index contributed by atoms with van der Waals surface area (Å²) in [6.07, 6.45) is 0.680. The molecule has 4 aromatic carbocycles. The topological polar surface area (TPSA) is 64.6 Å². The van der Waals surface area contributed by atoms with Gasteiger partial charge in [-0.1, -0.05) is 12.1 Å². The number of benzene rings is 4. The van der Waals surface area contributed by atoms with Crippen molar-refractivity contribution in [2.45, 2.75) is 0 Å². The molecule has 7 nitrogen and oxygen atoms in total. The zero-order valence-corrected chi connectivity index (χ0v) is 24.7. The third-order valence-electron chi connectivity index (χ3n) is 7.03. The van der Waals surface area contributed by atoms with Gasteiger partial charge < -0.3 is 33.2 Å². The van der Waals surface area contributed by atoms with Crippen molar-refractivity contribution >= 4 is 13.2 Å². The molecule has 0 fully saturated rings. The number of hydrogen-bond donors (Lipinski definition) is 0. The van der Waals surface area contributed by atoms with E-state index in [-0.39, 0.29) is 0 Å². The van der Waals surface area contributed by atoms with E-state index in [0.717, 1.165) is 39.1 Å². The minimum absolute atomic E-state index is 0.532. The van der Waals surface area contributed by atoms with Crippen molar-refractivity contribution in [3.8, 4) is 73.6 Å². The largest absolute Gasteiger partial charge is 0.497 e. The normalized spacial score (nSPS) is 13.7. The van der Waals surface area contributed by atoms with Gasteiger partial charge in [-0.05, 0) is 62.1 Å². The highest BCUT2D eigenvalue weighted by Gasteiger charge is 2.30. The Morgan fingerprint density at radius 1 is 0.575 bits per heavy atom. The average Bonchev–Trinajstić information content (AvgIpc) is 3.39. The molecule has 0 saturated heterocycles. The Labute approximate surface area is 236 Å². The Hall–Kier alpha value is -4.09. The summed E-state index contributed by atoms with van der Waals surface area (Å²) in [7, 11) is 9.39. The SMILES string of the molecule is COc1cc(OC)cc(-c2cc(-c3cc(OC)cc(OC)c3)c(OC)c(-c3cccc4c3[P@](C)CO4)c2OC)c1. The lowest BCUT2D eigenvalue weighted by atomic mass is 9.90. The van der Waals surface area contributed by atoms with Crippen LogP contribution in [0, 0.1) is 0 Å². The van der Waals surface area contributed by atoms with Crippen LogP contribution in [0.15, 0.2) is 60.7 Å². The van der Waals surface area contributed by atoms with Crippen LogP contribution in [0.5, 0.6) is 40.2 Å². The number of fused-ring (bicyclic) bond motifs is 1. The highest BCUT2D eigenvalue weighted by atomic mass is 31.1. The Balaban J connectivity index is 1.93. The van der Waals surface area contributed by atoms with Gasteiger partial charge in [-0.3, -0.25) is 0 Å². The highest BCUT2D eigenvalue weighted by molar-refractivity contribution is 7.65. The predicted molar refractivity (Wildman–Crippen MR) is 160 cm³/mol. The lowest BCUT2D eigenvalue weighted by Crippen LogP contribution is -2.06. The maximum Gasteiger partial charge on any atom is 0.138 e. The van der Waals surface area contributed by atoms with Gasteiger partial charge in [0.05, 0.1) is 48.2 Å². The molecule has 1 atom stereocenters. The number of ether oxygens (including phenoxy) is 7. The Kier molecular flexibility index (Phi) is 7.95. The van der Waals surface area contributed by atoms with E-state index in [1.54, 1.807) is 42.7 Å². The first-order chi connectivity index (χ1) is 19.5. The van der Waals surface area contributed by atoms with E-state index < -0.39 is 7.92 Å². The third kappa shape index (κ3) is 4.86. The Morgan fingerprint density at radius 2 is 1.05 bits per heavy atom. The van der Waals surface area contributed by atoms with Crippen molar-refractivity contribution in [2.75, 3.05) is 55.7 Å². The van der Waals surface area contributed by atoms with E-state index in [1.165, 1.54) is 5.30 Å². The molecule has 0 aromatic heterocycles. The van der Waals surface area contributed by atoms with Crippen LogP contribution in [0.3, 0.4) is 0 Å². The van der Waals surface area contributed by atoms with Crippen molar-refractivity contribution in [2.24, 2.45) is 0 Å². The van der Waals surface area contributed by atoms with E-state index in [2.05, 4.69) is 18.8 Å². The van der Waals surface area contributed by atoms with Crippen LogP contribution in [-0.4, -0.2) is 55.7 Å². The minimum atomic E-state index is -0.532. The van der Waals surface area contributed by atoms with Crippen molar-refractivity contribution in [3.63, 3.8) is 0 Å². The molecule has 1 heterocycles. The second-order valence-electron chi connectivity index (χ2n) is 9.24. The van der Waals surface area contributed by atoms with Crippen LogP contribution in [0.25, 0.3) is 33.4 Å². The lowest BCUT2D eigenvalue weighted by molar-refractivity contribution is 0.393. The van der Waals surface area contributed by atoms with Crippen LogP contribution in [-0.2, 0) is 0 Å². The molecule has 0 bridgehead atoms. The number of methoxy groups -OCH3 is 6. The molecule has 0 aliphatic carbocycles. The smallest absolute Gasteiger partial charge is 0.138 e. The van der Waals surface area contributed by atoms with Crippen molar-refractivity contribution < 1.29 is 33.2 Å². The molecule has 1 aliphatic heterocycles. The standard InChI is InChI=1S/C32H33O7P/c1-33-21-11-19(12-22(15-21)34-2)26-17-27(20-13-23(35-3)16-24(14-20)36-4)31(38-6)29(30(26)37-5)25-9-8-10-28-32(25)40(7)18-39-28/h8-17H,18H2,1-7H3/t40-/m1/s1. The summed E-state index contributed by atoms with van der Waals surface area (Å²) in [6.45, 7) is 2.23. The zero-order valence-electron chi connectivity index (χ0n) is 23.8. The minimum Gasteiger partial charge on any atom is -0.497 e. The second-order valence-corrected chi connectivity index (χ2v) is 11.3. The summed E-state index contributed by atoms with van der Waals surface area (Å²) in [5.41, 5.74) is 5.31. The molecule has 0 spiro atoms. The van der Waals surface area contributed by atoms with Gasteiger partial charge in [-0.2, -0.15) is 0 Å². The first-order valence-corrected chi connectivity index (χ1v) is 14.7. The lowest BCUT2D eigenvalue weighted by Gasteiger charge is -2.23. The van der Waals surface area contributed by atoms with E-state index in [1.807, 2.05) is 48.5 Å². The van der Waals surface area contributed by atoms with Crippen LogP contribution in [0.4, 0.5) is 0 Å². The van der Waals surface area contributed by atoms with Gasteiger partial charge >= 0.3 is 0 Å². The summed E-state index contributed by atoms with van der Waals surface area (Å²) in [6, 6.07) is 19.8. The van der Waals surface area contributed by atoms with Gasteiger partial charge in [0, 0.05) is 34.1 Å². The fourth-order valence-corrected chi connectivity index (χ4v) is 6.71. The fraction of sp³-hybridized carbons (Fsp3) is 0.250. The maximum atomic E-state index is 6.21.